The molecule has 0 aromatic carbocycles. The van der Waals surface area contributed by atoms with Gasteiger partial charge in [0.05, 0.1) is 5.56 Å². The zero-order chi connectivity index (χ0) is 13.2. The van der Waals surface area contributed by atoms with E-state index in [1.54, 1.807) is 0 Å². The molecule has 0 bridgehead atoms. The Kier molecular flexibility index (Phi) is 4.11. The van der Waals surface area contributed by atoms with Crippen molar-refractivity contribution in [2.45, 2.75) is 13.0 Å². The van der Waals surface area contributed by atoms with Crippen molar-refractivity contribution in [2.24, 2.45) is 0 Å². The van der Waals surface area contributed by atoms with Crippen molar-refractivity contribution in [2.75, 3.05) is 0 Å². The molecule has 0 aliphatic rings. The summed E-state index contributed by atoms with van der Waals surface area (Å²) in [4.78, 5) is 14.2. The molecule has 0 spiro atoms. The van der Waals surface area contributed by atoms with Crippen molar-refractivity contribution < 1.29 is 32.2 Å². The molecular formula is C8H4F4INO3. The number of nitrogens with zero attached hydrogens (tertiary/aromatic N) is 1. The second kappa shape index (κ2) is 5.02. The SMILES string of the molecule is O=C(O)c1cnc(I)c(CF)c1OC(F)(F)F. The molecule has 17 heavy (non-hydrogen) atoms. The van der Waals surface area contributed by atoms with Gasteiger partial charge in [-0.25, -0.2) is 14.2 Å². The highest BCUT2D eigenvalue weighted by atomic mass is 127. The number of aromatic nitrogens is 1. The summed E-state index contributed by atoms with van der Waals surface area (Å²) in [5, 5.41) is 8.66. The fourth-order valence-electron chi connectivity index (χ4n) is 1.01. The molecule has 0 radical (unpaired) electrons. The first kappa shape index (κ1) is 13.9. The average Bonchev–Trinajstić information content (AvgIpc) is 2.15. The molecule has 0 fully saturated rings. The fourth-order valence-corrected chi connectivity index (χ4v) is 1.54. The van der Waals surface area contributed by atoms with Crippen LogP contribution in [-0.4, -0.2) is 22.4 Å². The second-order valence-electron chi connectivity index (χ2n) is 2.76. The van der Waals surface area contributed by atoms with E-state index in [4.69, 9.17) is 5.11 Å². The Morgan fingerprint density at radius 3 is 2.53 bits per heavy atom. The van der Waals surface area contributed by atoms with Gasteiger partial charge in [-0.2, -0.15) is 0 Å². The van der Waals surface area contributed by atoms with Crippen molar-refractivity contribution in [3.05, 3.63) is 21.0 Å². The Hall–Kier alpha value is -1.13. The maximum atomic E-state index is 12.6. The van der Waals surface area contributed by atoms with Crippen molar-refractivity contribution >= 4 is 28.6 Å². The lowest BCUT2D eigenvalue weighted by Gasteiger charge is -2.14. The number of carboxylic acid groups (broad SMARTS) is 1. The van der Waals surface area contributed by atoms with E-state index >= 15 is 0 Å². The molecule has 0 saturated carbocycles. The molecular weight excluding hydrogens is 361 g/mol. The molecule has 1 heterocycles. The van der Waals surface area contributed by atoms with Gasteiger partial charge in [0.2, 0.25) is 0 Å². The van der Waals surface area contributed by atoms with Crippen LogP contribution in [0, 0.1) is 3.70 Å². The van der Waals surface area contributed by atoms with Crippen LogP contribution in [0.15, 0.2) is 6.20 Å². The lowest BCUT2D eigenvalue weighted by atomic mass is 10.2. The van der Waals surface area contributed by atoms with Crippen LogP contribution in [0.1, 0.15) is 15.9 Å². The van der Waals surface area contributed by atoms with E-state index in [0.29, 0.717) is 6.20 Å². The standard InChI is InChI=1S/C8H4F4INO3/c9-1-3-5(17-8(10,11)12)4(7(15)16)2-14-6(3)13/h2H,1H2,(H,15,16). The number of rotatable bonds is 3. The summed E-state index contributed by atoms with van der Waals surface area (Å²) < 4.78 is 52.2. The predicted octanol–water partition coefficient (Wildman–Crippen LogP) is 2.75. The number of carboxylic acids is 1. The number of ether oxygens (including phenoxy) is 1. The van der Waals surface area contributed by atoms with Crippen LogP contribution in [0.5, 0.6) is 5.75 Å². The molecule has 0 unspecified atom stereocenters. The quantitative estimate of drug-likeness (QED) is 0.509. The summed E-state index contributed by atoms with van der Waals surface area (Å²) in [6, 6.07) is 0. The molecule has 0 aliphatic carbocycles. The van der Waals surface area contributed by atoms with Crippen LogP contribution in [0.2, 0.25) is 0 Å². The normalized spacial score (nSPS) is 11.4. The predicted molar refractivity (Wildman–Crippen MR) is 55.4 cm³/mol. The van der Waals surface area contributed by atoms with E-state index in [9.17, 15) is 22.4 Å². The molecule has 0 aliphatic heterocycles. The van der Waals surface area contributed by atoms with E-state index in [0.717, 1.165) is 0 Å². The lowest BCUT2D eigenvalue weighted by Crippen LogP contribution is -2.21. The van der Waals surface area contributed by atoms with Crippen LogP contribution < -0.4 is 4.74 Å². The summed E-state index contributed by atoms with van der Waals surface area (Å²) in [5.74, 6) is -2.74. The maximum Gasteiger partial charge on any atom is 0.573 e. The van der Waals surface area contributed by atoms with Crippen molar-refractivity contribution in [3.63, 3.8) is 0 Å². The van der Waals surface area contributed by atoms with Gasteiger partial charge in [-0.15, -0.1) is 13.2 Å². The summed E-state index contributed by atoms with van der Waals surface area (Å²) in [6.07, 6.45) is -4.41. The van der Waals surface area contributed by atoms with Crippen LogP contribution in [0.4, 0.5) is 17.6 Å². The topological polar surface area (TPSA) is 59.4 Å². The summed E-state index contributed by atoms with van der Waals surface area (Å²) in [7, 11) is 0. The van der Waals surface area contributed by atoms with Crippen molar-refractivity contribution in [1.82, 2.24) is 4.98 Å². The van der Waals surface area contributed by atoms with Gasteiger partial charge in [-0.1, -0.05) is 0 Å². The van der Waals surface area contributed by atoms with Gasteiger partial charge in [0.25, 0.3) is 0 Å². The Morgan fingerprint density at radius 1 is 1.53 bits per heavy atom. The molecule has 0 amide bonds. The first-order chi connectivity index (χ1) is 7.76. The lowest BCUT2D eigenvalue weighted by molar-refractivity contribution is -0.275. The third-order valence-electron chi connectivity index (χ3n) is 1.66. The zero-order valence-electron chi connectivity index (χ0n) is 7.89. The van der Waals surface area contributed by atoms with Crippen molar-refractivity contribution in [3.8, 4) is 5.75 Å². The van der Waals surface area contributed by atoms with E-state index in [2.05, 4.69) is 9.72 Å². The number of pyridine rings is 1. The van der Waals surface area contributed by atoms with Gasteiger partial charge in [0.15, 0.2) is 5.75 Å². The first-order valence-electron chi connectivity index (χ1n) is 3.98. The van der Waals surface area contributed by atoms with Crippen LogP contribution >= 0.6 is 22.6 Å². The Morgan fingerprint density at radius 2 is 2.12 bits per heavy atom. The van der Waals surface area contributed by atoms with E-state index in [1.165, 1.54) is 22.6 Å². The van der Waals surface area contributed by atoms with Gasteiger partial charge < -0.3 is 9.84 Å². The van der Waals surface area contributed by atoms with Crippen LogP contribution in [0.25, 0.3) is 0 Å². The van der Waals surface area contributed by atoms with Gasteiger partial charge in [-0.05, 0) is 22.6 Å². The minimum atomic E-state index is -5.10. The molecule has 94 valence electrons. The molecule has 1 rings (SSSR count). The van der Waals surface area contributed by atoms with Crippen molar-refractivity contribution in [1.29, 1.82) is 0 Å². The van der Waals surface area contributed by atoms with Crippen LogP contribution in [-0.2, 0) is 6.67 Å². The van der Waals surface area contributed by atoms with Crippen LogP contribution in [0.3, 0.4) is 0 Å². The highest BCUT2D eigenvalue weighted by Crippen LogP contribution is 2.32. The van der Waals surface area contributed by atoms with Gasteiger partial charge in [0.1, 0.15) is 15.9 Å². The highest BCUT2D eigenvalue weighted by molar-refractivity contribution is 14.1. The molecule has 1 aromatic rings. The highest BCUT2D eigenvalue weighted by Gasteiger charge is 2.35. The minimum Gasteiger partial charge on any atom is -0.477 e. The Bertz CT molecular complexity index is 449. The fraction of sp³-hybridized carbons (Fsp3) is 0.250. The number of hydrogen-bond donors (Lipinski definition) is 1. The number of hydrogen-bond acceptors (Lipinski definition) is 3. The molecule has 0 atom stereocenters. The van der Waals surface area contributed by atoms with Gasteiger partial charge >= 0.3 is 12.3 Å². The Labute approximate surface area is 106 Å². The number of carbonyl (C=O) groups is 1. The summed E-state index contributed by atoms with van der Waals surface area (Å²) >= 11 is 1.49. The largest absolute Gasteiger partial charge is 0.573 e. The van der Waals surface area contributed by atoms with E-state index in [-0.39, 0.29) is 3.70 Å². The molecule has 4 nitrogen and oxygen atoms in total. The Balaban J connectivity index is 3.39. The monoisotopic (exact) mass is 365 g/mol. The summed E-state index contributed by atoms with van der Waals surface area (Å²) in [6.45, 7) is -1.31. The molecule has 0 saturated heterocycles. The number of aromatic carboxylic acids is 1. The zero-order valence-corrected chi connectivity index (χ0v) is 10.0. The maximum absolute atomic E-state index is 12.6. The average molecular weight is 365 g/mol. The third kappa shape index (κ3) is 3.41. The van der Waals surface area contributed by atoms with E-state index in [1.807, 2.05) is 0 Å². The smallest absolute Gasteiger partial charge is 0.477 e. The molecule has 9 heteroatoms. The van der Waals surface area contributed by atoms with Gasteiger partial charge in [0, 0.05) is 6.20 Å². The minimum absolute atomic E-state index is 0.0886. The molecule has 1 aromatic heterocycles. The first-order valence-corrected chi connectivity index (χ1v) is 5.06. The third-order valence-corrected chi connectivity index (χ3v) is 2.59. The number of halogens is 5. The summed E-state index contributed by atoms with van der Waals surface area (Å²) in [5.41, 5.74) is -1.38. The number of alkyl halides is 4. The molecule has 1 N–H and O–H groups in total. The van der Waals surface area contributed by atoms with Gasteiger partial charge in [-0.3, -0.25) is 0 Å². The second-order valence-corrected chi connectivity index (χ2v) is 3.78. The van der Waals surface area contributed by atoms with E-state index < -0.39 is 35.9 Å².